The van der Waals surface area contributed by atoms with Crippen LogP contribution in [-0.4, -0.2) is 127 Å². The quantitative estimate of drug-likeness (QED) is 0.109. The topological polar surface area (TPSA) is 183 Å². The summed E-state index contributed by atoms with van der Waals surface area (Å²) in [6.07, 6.45) is -2.37. The number of aliphatic hydroxyl groups is 1. The molecule has 1 aromatic rings. The first-order chi connectivity index (χ1) is 26.9. The van der Waals surface area contributed by atoms with E-state index in [-0.39, 0.29) is 31.3 Å². The maximum absolute atomic E-state index is 14.4. The summed E-state index contributed by atoms with van der Waals surface area (Å²) >= 11 is 0. The Labute approximate surface area is 337 Å². The van der Waals surface area contributed by atoms with Crippen LogP contribution in [0, 0.1) is 35.5 Å². The number of carbonyl (C=O) groups is 2. The predicted octanol–water partition coefficient (Wildman–Crippen LogP) is 4.74. The van der Waals surface area contributed by atoms with Gasteiger partial charge in [0.05, 0.1) is 35.5 Å². The second kappa shape index (κ2) is 19.8. The van der Waals surface area contributed by atoms with Crippen molar-refractivity contribution in [1.29, 1.82) is 0 Å². The summed E-state index contributed by atoms with van der Waals surface area (Å²) in [5.74, 6) is 3.39. The van der Waals surface area contributed by atoms with Crippen LogP contribution in [0.3, 0.4) is 0 Å². The van der Waals surface area contributed by atoms with Crippen molar-refractivity contribution in [2.24, 2.45) is 28.8 Å². The van der Waals surface area contributed by atoms with Crippen LogP contribution in [0.25, 0.3) is 0 Å². The highest BCUT2D eigenvalue weighted by Crippen LogP contribution is 2.43. The molecular weight excluding hydrogens is 736 g/mol. The summed E-state index contributed by atoms with van der Waals surface area (Å²) in [5.41, 5.74) is 4.56. The monoisotopic (exact) mass is 800 g/mol. The molecule has 3 N–H and O–H groups in total. The molecule has 318 valence electrons. The number of fused-ring (bicyclic) bond motifs is 1. The van der Waals surface area contributed by atoms with Gasteiger partial charge in [0, 0.05) is 42.7 Å². The van der Waals surface area contributed by atoms with Crippen molar-refractivity contribution in [2.45, 2.75) is 135 Å². The number of anilines is 1. The number of oxime groups is 1. The third-order valence-electron chi connectivity index (χ3n) is 11.7. The smallest absolute Gasteiger partial charge is 0.458 e. The molecule has 4 heterocycles. The summed E-state index contributed by atoms with van der Waals surface area (Å²) in [7, 11) is 5.40. The number of esters is 1. The van der Waals surface area contributed by atoms with Crippen LogP contribution >= 0.6 is 0 Å². The number of likely N-dealkylation sites (N-methyl/N-ethyl adjacent to an activating group) is 1. The zero-order valence-electron chi connectivity index (χ0n) is 35.4. The first-order valence-corrected chi connectivity index (χ1v) is 19.8. The molecular formula is C42H64N4O11. The van der Waals surface area contributed by atoms with Crippen molar-refractivity contribution in [2.75, 3.05) is 40.2 Å². The van der Waals surface area contributed by atoms with Gasteiger partial charge in [-0.05, 0) is 73.2 Å². The molecule has 3 fully saturated rings. The van der Waals surface area contributed by atoms with Crippen molar-refractivity contribution in [3.63, 3.8) is 0 Å². The number of ether oxygens (including phenoxy) is 7. The Morgan fingerprint density at radius 1 is 1.16 bits per heavy atom. The summed E-state index contributed by atoms with van der Waals surface area (Å²) < 4.78 is 44.2. The minimum absolute atomic E-state index is 0.0681. The van der Waals surface area contributed by atoms with Crippen LogP contribution in [0.5, 0.6) is 0 Å². The van der Waals surface area contributed by atoms with E-state index in [9.17, 15) is 14.7 Å². The number of nitrogens with zero attached hydrogens (tertiary/aromatic N) is 3. The van der Waals surface area contributed by atoms with Crippen LogP contribution in [0.2, 0.25) is 0 Å². The number of hydrogen-bond acceptors (Lipinski definition) is 15. The van der Waals surface area contributed by atoms with Crippen LogP contribution in [0.4, 0.5) is 10.6 Å². The van der Waals surface area contributed by atoms with E-state index in [4.69, 9.17) is 43.7 Å². The Balaban J connectivity index is 1.88. The van der Waals surface area contributed by atoms with Crippen LogP contribution in [0.15, 0.2) is 36.1 Å². The average Bonchev–Trinajstić information content (AvgIpc) is 3.48. The van der Waals surface area contributed by atoms with Crippen molar-refractivity contribution < 1.29 is 52.7 Å². The van der Waals surface area contributed by atoms with Gasteiger partial charge < -0.3 is 53.7 Å². The highest BCUT2D eigenvalue weighted by atomic mass is 16.8. The number of hydrogen-bond donors (Lipinski definition) is 2. The highest BCUT2D eigenvalue weighted by Gasteiger charge is 2.59. The van der Waals surface area contributed by atoms with Crippen molar-refractivity contribution in [3.8, 4) is 11.8 Å². The SMILES string of the molecule is C=CCO/N=C1\[C@H](C)C[C@@](C)(OC)[C@H](O[C@@H]2O[C@H](C)C[C@H](N(C)C)[C@H]2O)[C@@H](C)[C@H](OCC#Cc2ccnc(N)c2)[C@@H](C)C(=O)O[C@H](CC)[C@@]2(C)OC(=O)O[C@@H]2[C@H]1C. The molecule has 0 spiro atoms. The van der Waals surface area contributed by atoms with E-state index in [1.165, 1.54) is 0 Å². The van der Waals surface area contributed by atoms with Gasteiger partial charge in [0.2, 0.25) is 0 Å². The maximum Gasteiger partial charge on any atom is 0.509 e. The van der Waals surface area contributed by atoms with E-state index in [1.807, 2.05) is 60.5 Å². The highest BCUT2D eigenvalue weighted by molar-refractivity contribution is 5.89. The maximum atomic E-state index is 14.4. The normalized spacial score (nSPS) is 38.5. The van der Waals surface area contributed by atoms with E-state index in [0.717, 1.165) is 0 Å². The molecule has 3 aliphatic rings. The zero-order chi connectivity index (χ0) is 42.2. The van der Waals surface area contributed by atoms with E-state index in [0.29, 0.717) is 36.4 Å². The number of nitrogens with two attached hydrogens (primary N) is 1. The largest absolute Gasteiger partial charge is 0.509 e. The first-order valence-electron chi connectivity index (χ1n) is 19.8. The molecule has 0 saturated carbocycles. The van der Waals surface area contributed by atoms with Gasteiger partial charge >= 0.3 is 12.1 Å². The third-order valence-corrected chi connectivity index (χ3v) is 11.7. The average molecular weight is 801 g/mol. The lowest BCUT2D eigenvalue weighted by Gasteiger charge is -2.48. The number of rotatable bonds is 10. The number of carbonyl (C=O) groups excluding carboxylic acids is 2. The van der Waals surface area contributed by atoms with Gasteiger partial charge in [-0.25, -0.2) is 9.78 Å². The molecule has 1 aromatic heterocycles. The van der Waals surface area contributed by atoms with E-state index in [2.05, 4.69) is 28.6 Å². The number of nitrogen functional groups attached to an aromatic ring is 1. The fraction of sp³-hybridized carbons (Fsp3) is 0.714. The summed E-state index contributed by atoms with van der Waals surface area (Å²) in [6.45, 7) is 18.7. The molecule has 0 aromatic carbocycles. The molecule has 0 bridgehead atoms. The fourth-order valence-corrected chi connectivity index (χ4v) is 8.64. The van der Waals surface area contributed by atoms with Crippen molar-refractivity contribution in [3.05, 3.63) is 36.5 Å². The van der Waals surface area contributed by atoms with Crippen molar-refractivity contribution in [1.82, 2.24) is 9.88 Å². The molecule has 14 atom stereocenters. The second-order valence-corrected chi connectivity index (χ2v) is 16.2. The van der Waals surface area contributed by atoms with Gasteiger partial charge in [-0.15, -0.1) is 0 Å². The van der Waals surface area contributed by atoms with Gasteiger partial charge in [0.1, 0.15) is 31.2 Å². The van der Waals surface area contributed by atoms with Crippen LogP contribution < -0.4 is 5.73 Å². The Bertz CT molecular complexity index is 1630. The molecule has 0 aliphatic carbocycles. The minimum Gasteiger partial charge on any atom is -0.458 e. The summed E-state index contributed by atoms with van der Waals surface area (Å²) in [4.78, 5) is 39.0. The van der Waals surface area contributed by atoms with E-state index in [1.54, 1.807) is 45.4 Å². The lowest BCUT2D eigenvalue weighted by atomic mass is 9.73. The Morgan fingerprint density at radius 2 is 1.88 bits per heavy atom. The zero-order valence-corrected chi connectivity index (χ0v) is 35.4. The van der Waals surface area contributed by atoms with Gasteiger partial charge in [0.15, 0.2) is 18.0 Å². The van der Waals surface area contributed by atoms with Gasteiger partial charge in [0.25, 0.3) is 0 Å². The van der Waals surface area contributed by atoms with Gasteiger partial charge in [-0.2, -0.15) is 0 Å². The van der Waals surface area contributed by atoms with E-state index < -0.39 is 77.9 Å². The molecule has 15 heteroatoms. The van der Waals surface area contributed by atoms with Crippen LogP contribution in [-0.2, 0) is 42.8 Å². The van der Waals surface area contributed by atoms with Gasteiger partial charge in [-0.1, -0.05) is 57.3 Å². The number of methoxy groups -OCH3 is 1. The van der Waals surface area contributed by atoms with Gasteiger partial charge in [-0.3, -0.25) is 4.79 Å². The standard InChI is InChI=1S/C42H64N4O11/c1-13-19-52-45-33-24(3)23-41(8,50-12)36(55-39-34(47)30(46(10)11)21-25(4)53-39)27(6)35(51-20-15-16-29-17-18-44-32(43)22-29)28(7)38(48)54-31(14-2)42(9)37(26(33)5)56-40(49)57-42/h13,17-18,22,24-28,30-31,34-37,39,47H,1,14,19-21,23H2,2-12H3,(H2,43,44)/b45-33+/t24-,25-,26+,27+,28-,30+,31-,34-,35+,36-,37-,39+,41-,42-/m1/s1. The molecule has 0 unspecified atom stereocenters. The second-order valence-electron chi connectivity index (χ2n) is 16.2. The lowest BCUT2D eigenvalue weighted by Crippen LogP contribution is -2.60. The Morgan fingerprint density at radius 3 is 2.51 bits per heavy atom. The number of pyridine rings is 1. The number of aromatic nitrogens is 1. The number of cyclic esters (lactones) is 1. The van der Waals surface area contributed by atoms with E-state index >= 15 is 0 Å². The summed E-state index contributed by atoms with van der Waals surface area (Å²) in [5, 5.41) is 16.3. The number of aliphatic hydroxyl groups excluding tert-OH is 1. The molecule has 0 radical (unpaired) electrons. The third kappa shape index (κ3) is 10.6. The van der Waals surface area contributed by atoms with Crippen molar-refractivity contribution >= 4 is 23.7 Å². The predicted molar refractivity (Wildman–Crippen MR) is 213 cm³/mol. The first kappa shape index (κ1) is 45.9. The molecule has 3 aliphatic heterocycles. The molecule has 57 heavy (non-hydrogen) atoms. The molecule has 0 amide bonds. The Hall–Kier alpha value is -3.78. The van der Waals surface area contributed by atoms with Crippen LogP contribution in [0.1, 0.15) is 80.2 Å². The molecule has 4 rings (SSSR count). The fourth-order valence-electron chi connectivity index (χ4n) is 8.64. The lowest BCUT2D eigenvalue weighted by molar-refractivity contribution is -0.302. The molecule has 15 nitrogen and oxygen atoms in total. The Kier molecular flexibility index (Phi) is 15.9. The minimum atomic E-state index is -1.38. The summed E-state index contributed by atoms with van der Waals surface area (Å²) in [6, 6.07) is 3.14. The molecule has 3 saturated heterocycles.